The Kier molecular flexibility index (Phi) is 3.05. The van der Waals surface area contributed by atoms with Crippen LogP contribution in [0.3, 0.4) is 0 Å². The highest BCUT2D eigenvalue weighted by Crippen LogP contribution is 2.21. The third kappa shape index (κ3) is 2.51. The van der Waals surface area contributed by atoms with Gasteiger partial charge in [-0.3, -0.25) is 4.98 Å². The van der Waals surface area contributed by atoms with Crippen LogP contribution in [0.2, 0.25) is 0 Å². The zero-order valence-electron chi connectivity index (χ0n) is 9.13. The van der Waals surface area contributed by atoms with Crippen LogP contribution < -0.4 is 10.5 Å². The van der Waals surface area contributed by atoms with Crippen molar-refractivity contribution in [1.82, 2.24) is 4.98 Å². The maximum absolute atomic E-state index is 5.77. The molecule has 2 aromatic rings. The molecule has 2 rings (SSSR count). The number of anilines is 1. The number of pyridine rings is 1. The van der Waals surface area contributed by atoms with Crippen LogP contribution in [0, 0.1) is 0 Å². The second-order valence-corrected chi connectivity index (χ2v) is 3.61. The summed E-state index contributed by atoms with van der Waals surface area (Å²) in [5.74, 6) is 0.818. The Morgan fingerprint density at radius 2 is 1.69 bits per heavy atom. The first-order valence-electron chi connectivity index (χ1n) is 5.18. The molecule has 0 aliphatic rings. The summed E-state index contributed by atoms with van der Waals surface area (Å²) in [7, 11) is 0. The summed E-state index contributed by atoms with van der Waals surface area (Å²) >= 11 is 0. The fraction of sp³-hybridized carbons (Fsp3) is 0.154. The van der Waals surface area contributed by atoms with Crippen molar-refractivity contribution in [3.05, 3.63) is 54.4 Å². The number of rotatable bonds is 3. The number of nitrogens with two attached hydrogens (primary N) is 1. The number of aromatic nitrogens is 1. The molecule has 1 atom stereocenters. The largest absolute Gasteiger partial charge is 0.486 e. The molecule has 0 amide bonds. The Morgan fingerprint density at radius 1 is 1.06 bits per heavy atom. The standard InChI is InChI=1S/C13H14N2O/c1-10(11-6-8-15-9-7-11)16-13-4-2-12(14)3-5-13/h2-10H,14H2,1H3. The first kappa shape index (κ1) is 10.5. The van der Waals surface area contributed by atoms with Gasteiger partial charge in [-0.15, -0.1) is 0 Å². The molecular formula is C13H14N2O. The lowest BCUT2D eigenvalue weighted by Gasteiger charge is -2.14. The molecule has 0 aliphatic carbocycles. The smallest absolute Gasteiger partial charge is 0.121 e. The van der Waals surface area contributed by atoms with Gasteiger partial charge in [-0.2, -0.15) is 0 Å². The van der Waals surface area contributed by atoms with Crippen molar-refractivity contribution in [2.24, 2.45) is 0 Å². The highest BCUT2D eigenvalue weighted by molar-refractivity contribution is 5.41. The average molecular weight is 214 g/mol. The lowest BCUT2D eigenvalue weighted by Crippen LogP contribution is -2.02. The van der Waals surface area contributed by atoms with Crippen molar-refractivity contribution in [2.75, 3.05) is 5.73 Å². The van der Waals surface area contributed by atoms with Gasteiger partial charge >= 0.3 is 0 Å². The molecule has 3 heteroatoms. The second-order valence-electron chi connectivity index (χ2n) is 3.61. The van der Waals surface area contributed by atoms with Gasteiger partial charge in [-0.1, -0.05) is 0 Å². The average Bonchev–Trinajstić information content (AvgIpc) is 2.33. The minimum Gasteiger partial charge on any atom is -0.486 e. The number of nitrogens with zero attached hydrogens (tertiary/aromatic N) is 1. The van der Waals surface area contributed by atoms with Gasteiger partial charge in [0.1, 0.15) is 11.9 Å². The topological polar surface area (TPSA) is 48.1 Å². The quantitative estimate of drug-likeness (QED) is 0.799. The zero-order valence-corrected chi connectivity index (χ0v) is 9.13. The van der Waals surface area contributed by atoms with Crippen LogP contribution in [-0.2, 0) is 0 Å². The summed E-state index contributed by atoms with van der Waals surface area (Å²) in [6.07, 6.45) is 3.53. The summed E-state index contributed by atoms with van der Waals surface area (Å²) in [5, 5.41) is 0. The number of hydrogen-bond acceptors (Lipinski definition) is 3. The van der Waals surface area contributed by atoms with Gasteiger partial charge in [0.25, 0.3) is 0 Å². The SMILES string of the molecule is CC(Oc1ccc(N)cc1)c1ccncc1. The van der Waals surface area contributed by atoms with Crippen molar-refractivity contribution in [2.45, 2.75) is 13.0 Å². The van der Waals surface area contributed by atoms with Crippen molar-refractivity contribution in [1.29, 1.82) is 0 Å². The molecule has 0 fully saturated rings. The highest BCUT2D eigenvalue weighted by Gasteiger charge is 2.06. The van der Waals surface area contributed by atoms with Crippen LogP contribution in [-0.4, -0.2) is 4.98 Å². The Morgan fingerprint density at radius 3 is 2.31 bits per heavy atom. The fourth-order valence-corrected chi connectivity index (χ4v) is 1.45. The van der Waals surface area contributed by atoms with Crippen molar-refractivity contribution in [3.63, 3.8) is 0 Å². The number of ether oxygens (including phenoxy) is 1. The van der Waals surface area contributed by atoms with Gasteiger partial charge in [0.05, 0.1) is 0 Å². The van der Waals surface area contributed by atoms with Crippen LogP contribution >= 0.6 is 0 Å². The van der Waals surface area contributed by atoms with Crippen LogP contribution in [0.1, 0.15) is 18.6 Å². The van der Waals surface area contributed by atoms with Crippen LogP contribution in [0.15, 0.2) is 48.8 Å². The molecule has 3 nitrogen and oxygen atoms in total. The van der Waals surface area contributed by atoms with Gasteiger partial charge < -0.3 is 10.5 Å². The number of hydrogen-bond donors (Lipinski definition) is 1. The molecule has 0 saturated heterocycles. The Hall–Kier alpha value is -2.03. The van der Waals surface area contributed by atoms with E-state index < -0.39 is 0 Å². The molecule has 1 unspecified atom stereocenters. The molecule has 0 spiro atoms. The van der Waals surface area contributed by atoms with Crippen molar-refractivity contribution < 1.29 is 4.74 Å². The molecule has 16 heavy (non-hydrogen) atoms. The first-order chi connectivity index (χ1) is 7.75. The molecule has 1 aromatic carbocycles. The van der Waals surface area contributed by atoms with Gasteiger partial charge in [0, 0.05) is 18.1 Å². The van der Waals surface area contributed by atoms with E-state index in [4.69, 9.17) is 10.5 Å². The zero-order chi connectivity index (χ0) is 11.4. The lowest BCUT2D eigenvalue weighted by atomic mass is 10.2. The van der Waals surface area contributed by atoms with E-state index in [1.165, 1.54) is 0 Å². The van der Waals surface area contributed by atoms with Crippen LogP contribution in [0.4, 0.5) is 5.69 Å². The number of benzene rings is 1. The Bertz CT molecular complexity index is 439. The second kappa shape index (κ2) is 4.66. The molecule has 2 N–H and O–H groups in total. The van der Waals surface area contributed by atoms with E-state index >= 15 is 0 Å². The summed E-state index contributed by atoms with van der Waals surface area (Å²) in [4.78, 5) is 3.97. The van der Waals surface area contributed by atoms with Gasteiger partial charge in [-0.05, 0) is 48.9 Å². The van der Waals surface area contributed by atoms with Crippen molar-refractivity contribution in [3.8, 4) is 5.75 Å². The van der Waals surface area contributed by atoms with E-state index in [-0.39, 0.29) is 6.10 Å². The minimum absolute atomic E-state index is 0.00613. The maximum Gasteiger partial charge on any atom is 0.121 e. The van der Waals surface area contributed by atoms with E-state index in [0.29, 0.717) is 0 Å². The molecule has 1 heterocycles. The van der Waals surface area contributed by atoms with Gasteiger partial charge in [-0.25, -0.2) is 0 Å². The molecule has 82 valence electrons. The van der Waals surface area contributed by atoms with E-state index in [1.54, 1.807) is 12.4 Å². The molecule has 0 radical (unpaired) electrons. The normalized spacial score (nSPS) is 12.1. The summed E-state index contributed by atoms with van der Waals surface area (Å²) in [5.41, 5.74) is 7.45. The van der Waals surface area contributed by atoms with Gasteiger partial charge in [0.2, 0.25) is 0 Å². The maximum atomic E-state index is 5.77. The number of nitrogen functional groups attached to an aromatic ring is 1. The summed E-state index contributed by atoms with van der Waals surface area (Å²) < 4.78 is 5.77. The van der Waals surface area contributed by atoms with E-state index in [2.05, 4.69) is 4.98 Å². The molecule has 0 saturated carbocycles. The van der Waals surface area contributed by atoms with Crippen molar-refractivity contribution >= 4 is 5.69 Å². The molecule has 0 bridgehead atoms. The van der Waals surface area contributed by atoms with E-state index in [1.807, 2.05) is 43.3 Å². The molecular weight excluding hydrogens is 200 g/mol. The van der Waals surface area contributed by atoms with E-state index in [9.17, 15) is 0 Å². The summed E-state index contributed by atoms with van der Waals surface area (Å²) in [6, 6.07) is 11.3. The van der Waals surface area contributed by atoms with Gasteiger partial charge in [0.15, 0.2) is 0 Å². The Balaban J connectivity index is 2.08. The predicted octanol–water partition coefficient (Wildman–Crippen LogP) is 2.80. The predicted molar refractivity (Wildman–Crippen MR) is 64.1 cm³/mol. The third-order valence-corrected chi connectivity index (χ3v) is 2.37. The van der Waals surface area contributed by atoms with Crippen LogP contribution in [0.25, 0.3) is 0 Å². The molecule has 0 aliphatic heterocycles. The highest BCUT2D eigenvalue weighted by atomic mass is 16.5. The Labute approximate surface area is 94.9 Å². The first-order valence-corrected chi connectivity index (χ1v) is 5.18. The van der Waals surface area contributed by atoms with Crippen LogP contribution in [0.5, 0.6) is 5.75 Å². The monoisotopic (exact) mass is 214 g/mol. The van der Waals surface area contributed by atoms with E-state index in [0.717, 1.165) is 17.0 Å². The summed E-state index contributed by atoms with van der Waals surface area (Å²) in [6.45, 7) is 2.01. The lowest BCUT2D eigenvalue weighted by molar-refractivity contribution is 0.227. The third-order valence-electron chi connectivity index (χ3n) is 2.37. The molecule has 1 aromatic heterocycles. The minimum atomic E-state index is 0.00613. The fourth-order valence-electron chi connectivity index (χ4n) is 1.45.